The summed E-state index contributed by atoms with van der Waals surface area (Å²) >= 11 is 0. The number of halogens is 2. The van der Waals surface area contributed by atoms with Crippen LogP contribution in [-0.2, 0) is 11.3 Å². The van der Waals surface area contributed by atoms with Gasteiger partial charge in [0.05, 0.1) is 17.6 Å². The van der Waals surface area contributed by atoms with Crippen LogP contribution in [0.25, 0.3) is 27.7 Å². The summed E-state index contributed by atoms with van der Waals surface area (Å²) in [7, 11) is 0. The van der Waals surface area contributed by atoms with Crippen LogP contribution < -0.4 is 0 Å². The number of carboxylic acids is 1. The number of rotatable bonds is 4. The largest absolute Gasteiger partial charge is 0.478 e. The second-order valence-electron chi connectivity index (χ2n) is 9.00. The van der Waals surface area contributed by atoms with E-state index in [2.05, 4.69) is 21.7 Å². The van der Waals surface area contributed by atoms with Gasteiger partial charge in [-0.3, -0.25) is 4.99 Å². The van der Waals surface area contributed by atoms with Gasteiger partial charge < -0.3 is 14.4 Å². The Balaban J connectivity index is 1.70. The number of hydrogen-bond donors (Lipinski definition) is 1. The zero-order valence-corrected chi connectivity index (χ0v) is 18.8. The van der Waals surface area contributed by atoms with Gasteiger partial charge in [-0.1, -0.05) is 6.07 Å². The minimum atomic E-state index is -1.30. The zero-order chi connectivity index (χ0) is 24.1. The van der Waals surface area contributed by atoms with E-state index in [0.717, 1.165) is 51.8 Å². The maximum Gasteiger partial charge on any atom is 0.338 e. The van der Waals surface area contributed by atoms with Gasteiger partial charge in [0.15, 0.2) is 0 Å². The van der Waals surface area contributed by atoms with Crippen molar-refractivity contribution in [3.63, 3.8) is 0 Å². The number of carbonyl (C=O) groups is 1. The quantitative estimate of drug-likeness (QED) is 0.390. The highest BCUT2D eigenvalue weighted by molar-refractivity contribution is 6.03. The Hall–Kier alpha value is -3.84. The Labute approximate surface area is 200 Å². The molecule has 0 unspecified atom stereocenters. The lowest BCUT2D eigenvalue weighted by Crippen LogP contribution is -2.17. The predicted molar refractivity (Wildman–Crippen MR) is 130 cm³/mol. The molecule has 0 amide bonds. The molecular weight excluding hydrogens is 450 g/mol. The molecule has 0 aliphatic carbocycles. The molecule has 0 spiro atoms. The van der Waals surface area contributed by atoms with E-state index in [1.54, 1.807) is 18.2 Å². The minimum absolute atomic E-state index is 0.127. The SMILES string of the molecule is O=C(O)c1ccc(-c2c(C3CCOCC3)n(-c3ccc(F)cc3)c3cc4c(cc23)CN=C4)cc1F. The molecule has 1 saturated heterocycles. The van der Waals surface area contributed by atoms with Crippen LogP contribution in [0.2, 0.25) is 0 Å². The Morgan fingerprint density at radius 1 is 1.03 bits per heavy atom. The summed E-state index contributed by atoms with van der Waals surface area (Å²) in [5.41, 5.74) is 5.94. The monoisotopic (exact) mass is 472 g/mol. The van der Waals surface area contributed by atoms with E-state index in [-0.39, 0.29) is 17.3 Å². The average molecular weight is 472 g/mol. The molecule has 1 fully saturated rings. The molecule has 0 atom stereocenters. The fraction of sp³-hybridized carbons (Fsp3) is 0.214. The van der Waals surface area contributed by atoms with Crippen molar-refractivity contribution < 1.29 is 23.4 Å². The number of ether oxygens (including phenoxy) is 1. The molecule has 5 nitrogen and oxygen atoms in total. The van der Waals surface area contributed by atoms with Crippen molar-refractivity contribution in [2.24, 2.45) is 4.99 Å². The summed E-state index contributed by atoms with van der Waals surface area (Å²) in [6, 6.07) is 14.8. The van der Waals surface area contributed by atoms with Crippen LogP contribution in [0, 0.1) is 11.6 Å². The molecule has 7 heteroatoms. The summed E-state index contributed by atoms with van der Waals surface area (Å²) in [6.07, 6.45) is 3.44. The van der Waals surface area contributed by atoms with E-state index in [1.807, 2.05) is 6.21 Å². The van der Waals surface area contributed by atoms with Crippen LogP contribution in [0.4, 0.5) is 8.78 Å². The number of benzene rings is 3. The van der Waals surface area contributed by atoms with E-state index >= 15 is 0 Å². The lowest BCUT2D eigenvalue weighted by Gasteiger charge is -2.26. The number of fused-ring (bicyclic) bond motifs is 2. The van der Waals surface area contributed by atoms with Crippen LogP contribution >= 0.6 is 0 Å². The first kappa shape index (κ1) is 21.7. The van der Waals surface area contributed by atoms with E-state index in [1.165, 1.54) is 24.3 Å². The van der Waals surface area contributed by atoms with Gasteiger partial charge in [0, 0.05) is 47.7 Å². The molecule has 1 N–H and O–H groups in total. The third-order valence-corrected chi connectivity index (χ3v) is 6.94. The van der Waals surface area contributed by atoms with Crippen LogP contribution in [0.1, 0.15) is 45.9 Å². The summed E-state index contributed by atoms with van der Waals surface area (Å²) in [4.78, 5) is 15.8. The average Bonchev–Trinajstić information content (AvgIpc) is 3.45. The predicted octanol–water partition coefficient (Wildman–Crippen LogP) is 6.10. The minimum Gasteiger partial charge on any atom is -0.478 e. The summed E-state index contributed by atoms with van der Waals surface area (Å²) in [6.45, 7) is 1.81. The number of aliphatic imine (C=N–C) groups is 1. The van der Waals surface area contributed by atoms with Crippen molar-refractivity contribution in [3.05, 3.63) is 88.6 Å². The molecule has 0 saturated carbocycles. The van der Waals surface area contributed by atoms with Gasteiger partial charge in [-0.2, -0.15) is 0 Å². The number of aromatic carboxylic acids is 1. The first-order valence-electron chi connectivity index (χ1n) is 11.6. The van der Waals surface area contributed by atoms with Crippen LogP contribution in [0.5, 0.6) is 0 Å². The highest BCUT2D eigenvalue weighted by Gasteiger charge is 2.29. The standard InChI is InChI=1S/C28H22F2N2O3/c29-20-2-4-21(5-3-20)32-25-13-19-15-31-14-18(19)11-23(25)26(27(32)16-7-9-35-10-8-16)17-1-6-22(28(33)34)24(30)12-17/h1-6,11-13,15-16H,7-10,14H2,(H,33,34). The molecule has 2 aliphatic rings. The molecule has 6 rings (SSSR count). The van der Waals surface area contributed by atoms with Crippen molar-refractivity contribution in [3.8, 4) is 16.8 Å². The van der Waals surface area contributed by atoms with Crippen molar-refractivity contribution in [2.75, 3.05) is 13.2 Å². The molecule has 3 heterocycles. The van der Waals surface area contributed by atoms with Gasteiger partial charge in [0.25, 0.3) is 0 Å². The lowest BCUT2D eigenvalue weighted by molar-refractivity contribution is 0.0692. The Morgan fingerprint density at radius 3 is 2.51 bits per heavy atom. The Kier molecular flexibility index (Phi) is 5.22. The van der Waals surface area contributed by atoms with Gasteiger partial charge in [-0.15, -0.1) is 0 Å². The van der Waals surface area contributed by atoms with Crippen molar-refractivity contribution in [1.29, 1.82) is 0 Å². The maximum absolute atomic E-state index is 14.9. The van der Waals surface area contributed by atoms with Crippen molar-refractivity contribution in [1.82, 2.24) is 4.57 Å². The normalized spacial score (nSPS) is 15.6. The molecule has 1 aromatic heterocycles. The van der Waals surface area contributed by atoms with Crippen molar-refractivity contribution >= 4 is 23.1 Å². The Morgan fingerprint density at radius 2 is 1.80 bits per heavy atom. The zero-order valence-electron chi connectivity index (χ0n) is 18.8. The molecular formula is C28H22F2N2O3. The number of hydrogen-bond acceptors (Lipinski definition) is 3. The first-order chi connectivity index (χ1) is 17.0. The summed E-state index contributed by atoms with van der Waals surface area (Å²) in [5.74, 6) is -2.28. The topological polar surface area (TPSA) is 63.8 Å². The smallest absolute Gasteiger partial charge is 0.338 e. The van der Waals surface area contributed by atoms with Gasteiger partial charge in [0.2, 0.25) is 0 Å². The molecule has 2 aliphatic heterocycles. The van der Waals surface area contributed by atoms with Crippen LogP contribution in [0.3, 0.4) is 0 Å². The fourth-order valence-corrected chi connectivity index (χ4v) is 5.29. The highest BCUT2D eigenvalue weighted by atomic mass is 19.1. The van der Waals surface area contributed by atoms with Gasteiger partial charge in [-0.05, 0) is 78.1 Å². The third-order valence-electron chi connectivity index (χ3n) is 6.94. The number of aromatic nitrogens is 1. The maximum atomic E-state index is 14.9. The molecule has 176 valence electrons. The molecule has 3 aromatic carbocycles. The van der Waals surface area contributed by atoms with E-state index in [9.17, 15) is 18.7 Å². The number of nitrogens with zero attached hydrogens (tertiary/aromatic N) is 2. The van der Waals surface area contributed by atoms with E-state index in [4.69, 9.17) is 4.74 Å². The second kappa shape index (κ2) is 8.43. The third kappa shape index (κ3) is 3.63. The van der Waals surface area contributed by atoms with Gasteiger partial charge in [0.1, 0.15) is 11.6 Å². The van der Waals surface area contributed by atoms with E-state index in [0.29, 0.717) is 25.3 Å². The molecule has 4 aromatic rings. The van der Waals surface area contributed by atoms with Crippen LogP contribution in [0.15, 0.2) is 59.6 Å². The number of carboxylic acid groups (broad SMARTS) is 1. The van der Waals surface area contributed by atoms with E-state index < -0.39 is 11.8 Å². The highest BCUT2D eigenvalue weighted by Crippen LogP contribution is 2.45. The Bertz CT molecular complexity index is 1500. The fourth-order valence-electron chi connectivity index (χ4n) is 5.29. The van der Waals surface area contributed by atoms with Gasteiger partial charge in [-0.25, -0.2) is 13.6 Å². The molecule has 0 radical (unpaired) electrons. The second-order valence-corrected chi connectivity index (χ2v) is 9.00. The first-order valence-corrected chi connectivity index (χ1v) is 11.6. The molecule has 35 heavy (non-hydrogen) atoms. The van der Waals surface area contributed by atoms with Gasteiger partial charge >= 0.3 is 5.97 Å². The lowest BCUT2D eigenvalue weighted by atomic mass is 9.89. The molecule has 0 bridgehead atoms. The van der Waals surface area contributed by atoms with Crippen molar-refractivity contribution in [2.45, 2.75) is 25.3 Å². The van der Waals surface area contributed by atoms with Crippen LogP contribution in [-0.4, -0.2) is 35.1 Å². The summed E-state index contributed by atoms with van der Waals surface area (Å²) in [5, 5.41) is 10.3. The summed E-state index contributed by atoms with van der Waals surface area (Å²) < 4.78 is 36.5.